The molecule has 0 saturated carbocycles. The molecule has 0 radical (unpaired) electrons. The van der Waals surface area contributed by atoms with Gasteiger partial charge in [0.1, 0.15) is 0 Å². The number of rotatable bonds is 3. The number of benzene rings is 1. The highest BCUT2D eigenvalue weighted by Crippen LogP contribution is 2.44. The van der Waals surface area contributed by atoms with Crippen molar-refractivity contribution in [2.45, 2.75) is 25.8 Å². The minimum Gasteiger partial charge on any atom is -0.325 e. The third kappa shape index (κ3) is 1.73. The second-order valence-corrected chi connectivity index (χ2v) is 5.65. The normalized spacial score (nSPS) is 23.1. The zero-order chi connectivity index (χ0) is 11.8. The van der Waals surface area contributed by atoms with Crippen LogP contribution in [0.5, 0.6) is 0 Å². The topological polar surface area (TPSA) is 20.3 Å². The number of thioether (sulfide) groups is 1. The smallest absolute Gasteiger partial charge is 0.232 e. The van der Waals surface area contributed by atoms with E-state index in [1.54, 1.807) is 11.8 Å². The van der Waals surface area contributed by atoms with Gasteiger partial charge in [0.25, 0.3) is 0 Å². The van der Waals surface area contributed by atoms with Gasteiger partial charge in [-0.2, -0.15) is 0 Å². The lowest BCUT2D eigenvalue weighted by Crippen LogP contribution is -2.64. The Bertz CT molecular complexity index is 388. The molecule has 16 heavy (non-hydrogen) atoms. The quantitative estimate of drug-likeness (QED) is 0.751. The van der Waals surface area contributed by atoms with Crippen molar-refractivity contribution in [1.82, 2.24) is 4.90 Å². The number of nitrogens with zero attached hydrogens (tertiary/aromatic N) is 1. The van der Waals surface area contributed by atoms with Crippen LogP contribution < -0.4 is 0 Å². The summed E-state index contributed by atoms with van der Waals surface area (Å²) < 4.78 is 0. The SMILES string of the molecule is CSC1N(Cc2ccccc2)C(=O)C1(C)C. The largest absolute Gasteiger partial charge is 0.325 e. The Balaban J connectivity index is 2.10. The summed E-state index contributed by atoms with van der Waals surface area (Å²) in [6, 6.07) is 10.2. The second kappa shape index (κ2) is 4.13. The first-order valence-electron chi connectivity index (χ1n) is 5.45. The Labute approximate surface area is 101 Å². The van der Waals surface area contributed by atoms with E-state index >= 15 is 0 Å². The number of likely N-dealkylation sites (tertiary alicyclic amines) is 1. The van der Waals surface area contributed by atoms with Crippen LogP contribution in [-0.4, -0.2) is 22.4 Å². The number of hydrogen-bond donors (Lipinski definition) is 0. The van der Waals surface area contributed by atoms with Crippen molar-refractivity contribution >= 4 is 17.7 Å². The Morgan fingerprint density at radius 1 is 1.31 bits per heavy atom. The lowest BCUT2D eigenvalue weighted by molar-refractivity contribution is -0.160. The Hall–Kier alpha value is -0.960. The predicted molar refractivity (Wildman–Crippen MR) is 68.1 cm³/mol. The molecule has 1 aliphatic rings. The molecule has 1 aromatic rings. The zero-order valence-electron chi connectivity index (χ0n) is 9.93. The molecule has 1 heterocycles. The van der Waals surface area contributed by atoms with Gasteiger partial charge in [-0.3, -0.25) is 4.79 Å². The van der Waals surface area contributed by atoms with Crippen LogP contribution in [-0.2, 0) is 11.3 Å². The van der Waals surface area contributed by atoms with E-state index in [1.165, 1.54) is 5.56 Å². The number of amides is 1. The zero-order valence-corrected chi connectivity index (χ0v) is 10.8. The summed E-state index contributed by atoms with van der Waals surface area (Å²) in [5, 5.41) is 0.306. The van der Waals surface area contributed by atoms with Crippen molar-refractivity contribution in [1.29, 1.82) is 0 Å². The molecule has 0 aromatic heterocycles. The number of β-lactam (4-membered cyclic amide) rings is 1. The van der Waals surface area contributed by atoms with Crippen molar-refractivity contribution < 1.29 is 4.79 Å². The molecule has 86 valence electrons. The fourth-order valence-corrected chi connectivity index (χ4v) is 3.38. The third-order valence-electron chi connectivity index (χ3n) is 3.13. The first-order valence-corrected chi connectivity index (χ1v) is 6.74. The first-order chi connectivity index (χ1) is 7.57. The fourth-order valence-electron chi connectivity index (χ4n) is 2.26. The molecule has 1 fully saturated rings. The summed E-state index contributed by atoms with van der Waals surface area (Å²) in [5.74, 6) is 0.260. The number of hydrogen-bond acceptors (Lipinski definition) is 2. The van der Waals surface area contributed by atoms with Crippen LogP contribution >= 0.6 is 11.8 Å². The van der Waals surface area contributed by atoms with Crippen molar-refractivity contribution in [2.75, 3.05) is 6.26 Å². The molecule has 0 spiro atoms. The highest BCUT2D eigenvalue weighted by molar-refractivity contribution is 7.99. The molecule has 0 N–H and O–H groups in total. The number of carbonyl (C=O) groups excluding carboxylic acids is 1. The summed E-state index contributed by atoms with van der Waals surface area (Å²) in [6.07, 6.45) is 2.07. The highest BCUT2D eigenvalue weighted by atomic mass is 32.2. The van der Waals surface area contributed by atoms with Gasteiger partial charge in [-0.25, -0.2) is 0 Å². The van der Waals surface area contributed by atoms with E-state index in [9.17, 15) is 4.79 Å². The average molecular weight is 235 g/mol. The summed E-state index contributed by atoms with van der Waals surface area (Å²) in [6.45, 7) is 4.78. The minimum atomic E-state index is -0.200. The molecule has 1 saturated heterocycles. The van der Waals surface area contributed by atoms with Gasteiger partial charge < -0.3 is 4.90 Å². The van der Waals surface area contributed by atoms with Crippen LogP contribution in [0.4, 0.5) is 0 Å². The molecule has 1 atom stereocenters. The fraction of sp³-hybridized carbons (Fsp3) is 0.462. The third-order valence-corrected chi connectivity index (χ3v) is 4.42. The maximum atomic E-state index is 12.0. The minimum absolute atomic E-state index is 0.200. The molecular weight excluding hydrogens is 218 g/mol. The highest BCUT2D eigenvalue weighted by Gasteiger charge is 2.53. The second-order valence-electron chi connectivity index (χ2n) is 4.73. The van der Waals surface area contributed by atoms with E-state index in [2.05, 4.69) is 18.4 Å². The van der Waals surface area contributed by atoms with Gasteiger partial charge in [0, 0.05) is 6.54 Å². The predicted octanol–water partition coefficient (Wildman–Crippen LogP) is 2.74. The van der Waals surface area contributed by atoms with Crippen molar-refractivity contribution in [2.24, 2.45) is 5.41 Å². The Morgan fingerprint density at radius 2 is 1.94 bits per heavy atom. The lowest BCUT2D eigenvalue weighted by atomic mass is 9.82. The van der Waals surface area contributed by atoms with Crippen LogP contribution in [0.25, 0.3) is 0 Å². The van der Waals surface area contributed by atoms with Crippen molar-refractivity contribution in [3.63, 3.8) is 0 Å². The summed E-state index contributed by atoms with van der Waals surface area (Å²) >= 11 is 1.75. The van der Waals surface area contributed by atoms with Gasteiger partial charge in [0.15, 0.2) is 0 Å². The lowest BCUT2D eigenvalue weighted by Gasteiger charge is -2.52. The van der Waals surface area contributed by atoms with Crippen molar-refractivity contribution in [3.05, 3.63) is 35.9 Å². The maximum absolute atomic E-state index is 12.0. The van der Waals surface area contributed by atoms with E-state index in [-0.39, 0.29) is 11.3 Å². The van der Waals surface area contributed by atoms with Crippen LogP contribution in [0.1, 0.15) is 19.4 Å². The molecule has 2 rings (SSSR count). The van der Waals surface area contributed by atoms with E-state index in [4.69, 9.17) is 0 Å². The van der Waals surface area contributed by atoms with Gasteiger partial charge in [-0.1, -0.05) is 30.3 Å². The average Bonchev–Trinajstić information content (AvgIpc) is 2.29. The van der Waals surface area contributed by atoms with E-state index < -0.39 is 0 Å². The van der Waals surface area contributed by atoms with Gasteiger partial charge in [-0.05, 0) is 25.7 Å². The molecule has 0 aliphatic carbocycles. The van der Waals surface area contributed by atoms with Gasteiger partial charge in [0.05, 0.1) is 10.8 Å². The van der Waals surface area contributed by atoms with Crippen LogP contribution in [0.3, 0.4) is 0 Å². The van der Waals surface area contributed by atoms with E-state index in [1.807, 2.05) is 36.9 Å². The molecule has 1 unspecified atom stereocenters. The standard InChI is InChI=1S/C13H17NOS/c1-13(2)11(15)14(12(13)16-3)9-10-7-5-4-6-8-10/h4-8,12H,9H2,1-3H3. The molecule has 1 aromatic carbocycles. The monoisotopic (exact) mass is 235 g/mol. The van der Waals surface area contributed by atoms with Crippen LogP contribution in [0, 0.1) is 5.41 Å². The molecule has 3 heteroatoms. The van der Waals surface area contributed by atoms with Gasteiger partial charge in [-0.15, -0.1) is 11.8 Å². The van der Waals surface area contributed by atoms with Crippen LogP contribution in [0.2, 0.25) is 0 Å². The Kier molecular flexibility index (Phi) is 2.98. The van der Waals surface area contributed by atoms with Crippen molar-refractivity contribution in [3.8, 4) is 0 Å². The molecule has 0 bridgehead atoms. The molecule has 2 nitrogen and oxygen atoms in total. The summed E-state index contributed by atoms with van der Waals surface area (Å²) in [4.78, 5) is 13.9. The van der Waals surface area contributed by atoms with Gasteiger partial charge >= 0.3 is 0 Å². The van der Waals surface area contributed by atoms with E-state index in [0.717, 1.165) is 6.54 Å². The number of carbonyl (C=O) groups is 1. The van der Waals surface area contributed by atoms with E-state index in [0.29, 0.717) is 5.37 Å². The molecular formula is C13H17NOS. The van der Waals surface area contributed by atoms with Gasteiger partial charge in [0.2, 0.25) is 5.91 Å². The molecule has 1 aliphatic heterocycles. The maximum Gasteiger partial charge on any atom is 0.232 e. The Morgan fingerprint density at radius 3 is 2.50 bits per heavy atom. The van der Waals surface area contributed by atoms with Crippen LogP contribution in [0.15, 0.2) is 30.3 Å². The first kappa shape index (κ1) is 11.5. The molecule has 1 amide bonds. The summed E-state index contributed by atoms with van der Waals surface area (Å²) in [7, 11) is 0. The summed E-state index contributed by atoms with van der Waals surface area (Å²) in [5.41, 5.74) is 0.999.